The van der Waals surface area contributed by atoms with Crippen LogP contribution in [0.1, 0.15) is 46.8 Å². The molecule has 2 aliphatic rings. The molecule has 1 saturated carbocycles. The number of Topliss-reactive ketones (excluding diaryl/α,β-unsaturated/α-hetero) is 2. The summed E-state index contributed by atoms with van der Waals surface area (Å²) in [5.41, 5.74) is 0.241. The zero-order valence-electron chi connectivity index (χ0n) is 9.97. The predicted octanol–water partition coefficient (Wildman–Crippen LogP) is 2.15. The highest BCUT2D eigenvalue weighted by atomic mass is 16.5. The van der Waals surface area contributed by atoms with E-state index in [1.165, 1.54) is 0 Å². The van der Waals surface area contributed by atoms with E-state index in [1.54, 1.807) is 0 Å². The van der Waals surface area contributed by atoms with Crippen LogP contribution in [0.5, 0.6) is 0 Å². The molecule has 0 aromatic rings. The number of allylic oxidation sites excluding steroid dienone is 2. The van der Waals surface area contributed by atoms with Gasteiger partial charge in [-0.05, 0) is 12.8 Å². The van der Waals surface area contributed by atoms with Crippen molar-refractivity contribution >= 4 is 11.6 Å². The summed E-state index contributed by atoms with van der Waals surface area (Å²) in [7, 11) is 0. The molecule has 3 nitrogen and oxygen atoms in total. The van der Waals surface area contributed by atoms with Crippen molar-refractivity contribution in [1.82, 2.24) is 0 Å². The van der Waals surface area contributed by atoms with E-state index in [0.717, 1.165) is 6.42 Å². The molecular formula is C12H16O3. The number of ketones is 2. The Morgan fingerprint density at radius 1 is 1.33 bits per heavy atom. The van der Waals surface area contributed by atoms with Gasteiger partial charge in [-0.25, -0.2) is 0 Å². The summed E-state index contributed by atoms with van der Waals surface area (Å²) in [6.07, 6.45) is 2.34. The molecule has 1 heterocycles. The van der Waals surface area contributed by atoms with Gasteiger partial charge in [-0.1, -0.05) is 13.3 Å². The van der Waals surface area contributed by atoms with Crippen molar-refractivity contribution < 1.29 is 15.7 Å². The van der Waals surface area contributed by atoms with E-state index < -0.39 is 6.08 Å². The summed E-state index contributed by atoms with van der Waals surface area (Å²) in [6, 6.07) is 0. The number of carbonyl (C=O) groups is 2. The largest absolute Gasteiger partial charge is 0.494 e. The first kappa shape index (κ1) is 9.13. The molecule has 1 aliphatic carbocycles. The Balaban J connectivity index is 2.22. The van der Waals surface area contributed by atoms with E-state index in [-0.39, 0.29) is 17.1 Å². The van der Waals surface area contributed by atoms with E-state index in [0.29, 0.717) is 37.9 Å². The normalized spacial score (nSPS) is 32.2. The third kappa shape index (κ3) is 1.96. The Bertz CT molecular complexity index is 354. The molecule has 15 heavy (non-hydrogen) atoms. The second kappa shape index (κ2) is 4.17. The minimum atomic E-state index is -0.916. The van der Waals surface area contributed by atoms with E-state index >= 15 is 0 Å². The monoisotopic (exact) mass is 209 g/mol. The summed E-state index contributed by atoms with van der Waals surface area (Å²) in [6.45, 7) is 2.00. The molecule has 1 atom stereocenters. The fourth-order valence-electron chi connectivity index (χ4n) is 2.10. The first-order valence-electron chi connectivity index (χ1n) is 6.04. The lowest BCUT2D eigenvalue weighted by Gasteiger charge is -2.09. The third-order valence-electron chi connectivity index (χ3n) is 2.84. The molecule has 82 valence electrons. The van der Waals surface area contributed by atoms with E-state index in [2.05, 4.69) is 0 Å². The van der Waals surface area contributed by atoms with Crippen molar-refractivity contribution in [1.29, 1.82) is 0 Å². The first-order valence-corrected chi connectivity index (χ1v) is 5.54. The van der Waals surface area contributed by atoms with Crippen LogP contribution in [0.2, 0.25) is 0 Å². The van der Waals surface area contributed by atoms with Crippen molar-refractivity contribution in [2.45, 2.75) is 51.5 Å². The van der Waals surface area contributed by atoms with Crippen LogP contribution in [0.4, 0.5) is 0 Å². The predicted molar refractivity (Wildman–Crippen MR) is 55.3 cm³/mol. The number of rotatable bonds is 2. The van der Waals surface area contributed by atoms with Gasteiger partial charge < -0.3 is 4.74 Å². The average molecular weight is 209 g/mol. The molecule has 0 aromatic carbocycles. The fraction of sp³-hybridized carbons (Fsp3) is 0.667. The number of hydrogen-bond acceptors (Lipinski definition) is 3. The summed E-state index contributed by atoms with van der Waals surface area (Å²) in [4.78, 5) is 23.0. The van der Waals surface area contributed by atoms with Crippen LogP contribution in [0, 0.1) is 0 Å². The maximum absolute atomic E-state index is 11.5. The van der Waals surface area contributed by atoms with Gasteiger partial charge in [-0.15, -0.1) is 0 Å². The minimum absolute atomic E-state index is 0.110. The van der Waals surface area contributed by atoms with Gasteiger partial charge in [-0.2, -0.15) is 0 Å². The van der Waals surface area contributed by atoms with Gasteiger partial charge in [-0.3, -0.25) is 9.59 Å². The van der Waals surface area contributed by atoms with Gasteiger partial charge in [0.15, 0.2) is 11.6 Å². The zero-order chi connectivity index (χ0) is 11.8. The minimum Gasteiger partial charge on any atom is -0.494 e. The lowest BCUT2D eigenvalue weighted by molar-refractivity contribution is -0.116. The quantitative estimate of drug-likeness (QED) is 0.517. The lowest BCUT2D eigenvalue weighted by atomic mass is 10.1. The maximum atomic E-state index is 11.5. The van der Waals surface area contributed by atoms with Crippen LogP contribution >= 0.6 is 0 Å². The standard InChI is InChI=1S/C12H16O3/c1-2-3-8-4-7-11(15-8)12-9(13)5-6-10(12)14/h8H,2-7H2,1H3/t8-/m0/s1/i8D. The van der Waals surface area contributed by atoms with Crippen LogP contribution in [-0.4, -0.2) is 17.6 Å². The Morgan fingerprint density at radius 2 is 2.00 bits per heavy atom. The summed E-state index contributed by atoms with van der Waals surface area (Å²) >= 11 is 0. The van der Waals surface area contributed by atoms with Crippen LogP contribution in [0.3, 0.4) is 0 Å². The molecule has 0 amide bonds. The fourth-order valence-corrected chi connectivity index (χ4v) is 2.10. The molecule has 2 fully saturated rings. The van der Waals surface area contributed by atoms with Crippen LogP contribution in [0.15, 0.2) is 11.3 Å². The molecule has 2 rings (SSSR count). The summed E-state index contributed by atoms with van der Waals surface area (Å²) < 4.78 is 13.5. The maximum Gasteiger partial charge on any atom is 0.170 e. The molecule has 0 aromatic heterocycles. The number of ether oxygens (including phenoxy) is 1. The van der Waals surface area contributed by atoms with Crippen molar-refractivity contribution in [3.8, 4) is 0 Å². The Labute approximate surface area is 90.9 Å². The van der Waals surface area contributed by atoms with E-state index in [4.69, 9.17) is 6.11 Å². The van der Waals surface area contributed by atoms with E-state index in [1.807, 2.05) is 6.92 Å². The van der Waals surface area contributed by atoms with Gasteiger partial charge >= 0.3 is 0 Å². The molecule has 0 spiro atoms. The highest BCUT2D eigenvalue weighted by Gasteiger charge is 2.33. The molecule has 0 unspecified atom stereocenters. The highest BCUT2D eigenvalue weighted by Crippen LogP contribution is 2.32. The molecule has 0 bridgehead atoms. The molecule has 0 radical (unpaired) electrons. The van der Waals surface area contributed by atoms with Crippen LogP contribution in [0.25, 0.3) is 0 Å². The molecule has 0 N–H and O–H groups in total. The van der Waals surface area contributed by atoms with Crippen molar-refractivity contribution in [3.05, 3.63) is 11.3 Å². The SMILES string of the molecule is [2H][C@]1(CCC)CCC(=C2C(=O)CCC2=O)O1. The smallest absolute Gasteiger partial charge is 0.170 e. The van der Waals surface area contributed by atoms with Gasteiger partial charge in [0.2, 0.25) is 0 Å². The highest BCUT2D eigenvalue weighted by molar-refractivity contribution is 6.25. The average Bonchev–Trinajstić information content (AvgIpc) is 2.72. The van der Waals surface area contributed by atoms with Crippen LogP contribution in [-0.2, 0) is 14.3 Å². The Kier molecular flexibility index (Phi) is 2.54. The van der Waals surface area contributed by atoms with Crippen LogP contribution < -0.4 is 0 Å². The molecular weight excluding hydrogens is 192 g/mol. The number of hydrogen-bond donors (Lipinski definition) is 0. The lowest BCUT2D eigenvalue weighted by Crippen LogP contribution is -2.07. The second-order valence-corrected chi connectivity index (χ2v) is 4.04. The first-order chi connectivity index (χ1) is 7.56. The molecule has 1 aliphatic heterocycles. The summed E-state index contributed by atoms with van der Waals surface area (Å²) in [5, 5.41) is 0. The molecule has 3 heteroatoms. The van der Waals surface area contributed by atoms with Gasteiger partial charge in [0, 0.05) is 19.3 Å². The third-order valence-corrected chi connectivity index (χ3v) is 2.84. The van der Waals surface area contributed by atoms with Gasteiger partial charge in [0.25, 0.3) is 0 Å². The van der Waals surface area contributed by atoms with Gasteiger partial charge in [0.05, 0.1) is 13.0 Å². The van der Waals surface area contributed by atoms with Crippen molar-refractivity contribution in [2.75, 3.05) is 0 Å². The topological polar surface area (TPSA) is 43.4 Å². The Morgan fingerprint density at radius 3 is 2.60 bits per heavy atom. The summed E-state index contributed by atoms with van der Waals surface area (Å²) in [5.74, 6) is 0.248. The van der Waals surface area contributed by atoms with E-state index in [9.17, 15) is 9.59 Å². The molecule has 1 saturated heterocycles. The number of carbonyl (C=O) groups excluding carboxylic acids is 2. The Hall–Kier alpha value is -1.12. The van der Waals surface area contributed by atoms with Gasteiger partial charge in [0.1, 0.15) is 5.76 Å². The second-order valence-electron chi connectivity index (χ2n) is 4.04. The zero-order valence-corrected chi connectivity index (χ0v) is 8.97. The van der Waals surface area contributed by atoms with Crippen molar-refractivity contribution in [2.24, 2.45) is 0 Å². The van der Waals surface area contributed by atoms with Crippen molar-refractivity contribution in [3.63, 3.8) is 0 Å².